The minimum absolute atomic E-state index is 0.0492. The highest BCUT2D eigenvalue weighted by Gasteiger charge is 2.08. The summed E-state index contributed by atoms with van der Waals surface area (Å²) in [6.07, 6.45) is 2.20. The first-order valence-electron chi connectivity index (χ1n) is 8.15. The van der Waals surface area contributed by atoms with Gasteiger partial charge >= 0.3 is 0 Å². The van der Waals surface area contributed by atoms with Crippen molar-refractivity contribution in [2.45, 2.75) is 26.3 Å². The summed E-state index contributed by atoms with van der Waals surface area (Å²) in [4.78, 5) is 28.8. The molecule has 0 spiro atoms. The predicted octanol–water partition coefficient (Wildman–Crippen LogP) is 3.92. The normalized spacial score (nSPS) is 10.9. The third-order valence-corrected chi connectivity index (χ3v) is 4.35. The Morgan fingerprint density at radius 3 is 2.88 bits per heavy atom. The Kier molecular flexibility index (Phi) is 5.32. The molecule has 0 saturated carbocycles. The minimum Gasteiger partial charge on any atom is -0.326 e. The molecule has 0 aliphatic carbocycles. The Hall–Kier alpha value is -2.73. The van der Waals surface area contributed by atoms with Crippen LogP contribution in [0.2, 0.25) is 5.02 Å². The number of hydrogen-bond donors (Lipinski definition) is 1. The number of hydrogen-bond acceptors (Lipinski definition) is 3. The van der Waals surface area contributed by atoms with Crippen LogP contribution in [-0.2, 0) is 11.3 Å². The van der Waals surface area contributed by atoms with Crippen molar-refractivity contribution in [3.63, 3.8) is 0 Å². The first-order valence-corrected chi connectivity index (χ1v) is 8.53. The van der Waals surface area contributed by atoms with Gasteiger partial charge in [0.05, 0.1) is 22.3 Å². The molecule has 0 aliphatic rings. The largest absolute Gasteiger partial charge is 0.326 e. The summed E-state index contributed by atoms with van der Waals surface area (Å²) in [7, 11) is 0. The highest BCUT2D eigenvalue weighted by molar-refractivity contribution is 6.31. The van der Waals surface area contributed by atoms with Gasteiger partial charge in [0.25, 0.3) is 5.56 Å². The van der Waals surface area contributed by atoms with Crippen molar-refractivity contribution in [3.05, 3.63) is 69.5 Å². The van der Waals surface area contributed by atoms with E-state index in [1.807, 2.05) is 19.1 Å². The number of aryl methyl sites for hydroxylation is 2. The number of benzene rings is 2. The number of halogens is 2. The minimum atomic E-state index is -0.539. The molecule has 7 heteroatoms. The van der Waals surface area contributed by atoms with Crippen LogP contribution in [0.15, 0.2) is 47.5 Å². The first-order chi connectivity index (χ1) is 12.5. The van der Waals surface area contributed by atoms with Crippen LogP contribution in [0.1, 0.15) is 18.4 Å². The molecule has 0 aliphatic heterocycles. The summed E-state index contributed by atoms with van der Waals surface area (Å²) in [6.45, 7) is 2.29. The smallest absolute Gasteiger partial charge is 0.261 e. The number of para-hydroxylation sites is 1. The zero-order chi connectivity index (χ0) is 18.7. The highest BCUT2D eigenvalue weighted by Crippen LogP contribution is 2.19. The third kappa shape index (κ3) is 3.91. The first kappa shape index (κ1) is 18.1. The third-order valence-electron chi connectivity index (χ3n) is 4.06. The van der Waals surface area contributed by atoms with Crippen LogP contribution in [0.4, 0.5) is 10.1 Å². The van der Waals surface area contributed by atoms with Crippen LogP contribution in [0.25, 0.3) is 10.9 Å². The Balaban J connectivity index is 1.62. The molecule has 1 N–H and O–H groups in total. The lowest BCUT2D eigenvalue weighted by atomic mass is 10.1. The van der Waals surface area contributed by atoms with Crippen molar-refractivity contribution >= 4 is 34.1 Å². The molecule has 0 saturated heterocycles. The Labute approximate surface area is 154 Å². The van der Waals surface area contributed by atoms with Crippen molar-refractivity contribution in [1.82, 2.24) is 9.55 Å². The fourth-order valence-corrected chi connectivity index (χ4v) is 2.88. The van der Waals surface area contributed by atoms with E-state index < -0.39 is 5.82 Å². The van der Waals surface area contributed by atoms with E-state index in [2.05, 4.69) is 10.3 Å². The molecule has 1 aromatic heterocycles. The Morgan fingerprint density at radius 1 is 1.31 bits per heavy atom. The number of nitrogens with one attached hydrogen (secondary N) is 1. The molecule has 134 valence electrons. The number of rotatable bonds is 5. The number of amides is 1. The molecule has 5 nitrogen and oxygen atoms in total. The lowest BCUT2D eigenvalue weighted by Gasteiger charge is -2.08. The van der Waals surface area contributed by atoms with Gasteiger partial charge in [0, 0.05) is 18.7 Å². The average molecular weight is 374 g/mol. The highest BCUT2D eigenvalue weighted by atomic mass is 35.5. The summed E-state index contributed by atoms with van der Waals surface area (Å²) in [5.41, 5.74) is 1.95. The Bertz CT molecular complexity index is 1030. The van der Waals surface area contributed by atoms with E-state index in [0.29, 0.717) is 29.6 Å². The molecular weight excluding hydrogens is 357 g/mol. The molecule has 0 unspecified atom stereocenters. The van der Waals surface area contributed by atoms with E-state index >= 15 is 0 Å². The van der Waals surface area contributed by atoms with Gasteiger partial charge in [0.2, 0.25) is 5.91 Å². The monoisotopic (exact) mass is 373 g/mol. The molecule has 1 heterocycles. The quantitative estimate of drug-likeness (QED) is 0.737. The molecule has 2 aromatic carbocycles. The lowest BCUT2D eigenvalue weighted by molar-refractivity contribution is -0.116. The predicted molar refractivity (Wildman–Crippen MR) is 100 cm³/mol. The zero-order valence-corrected chi connectivity index (χ0v) is 14.9. The van der Waals surface area contributed by atoms with E-state index in [9.17, 15) is 14.0 Å². The fraction of sp³-hybridized carbons (Fsp3) is 0.211. The van der Waals surface area contributed by atoms with E-state index in [1.165, 1.54) is 29.1 Å². The molecule has 1 amide bonds. The van der Waals surface area contributed by atoms with Crippen LogP contribution in [0.5, 0.6) is 0 Å². The van der Waals surface area contributed by atoms with Crippen LogP contribution in [0, 0.1) is 12.7 Å². The van der Waals surface area contributed by atoms with Gasteiger partial charge in [-0.05, 0) is 43.2 Å². The van der Waals surface area contributed by atoms with E-state index in [4.69, 9.17) is 11.6 Å². The molecule has 0 fully saturated rings. The van der Waals surface area contributed by atoms with Gasteiger partial charge < -0.3 is 5.32 Å². The second kappa shape index (κ2) is 7.66. The summed E-state index contributed by atoms with van der Waals surface area (Å²) in [5, 5.41) is 3.17. The number of fused-ring (bicyclic) bond motifs is 1. The van der Waals surface area contributed by atoms with Gasteiger partial charge in [-0.1, -0.05) is 23.7 Å². The summed E-state index contributed by atoms with van der Waals surface area (Å²) in [6, 6.07) is 9.48. The van der Waals surface area contributed by atoms with Crippen LogP contribution >= 0.6 is 11.6 Å². The molecular formula is C19H17ClFN3O2. The summed E-state index contributed by atoms with van der Waals surface area (Å²) >= 11 is 5.69. The van der Waals surface area contributed by atoms with Gasteiger partial charge in [-0.25, -0.2) is 9.37 Å². The number of carbonyl (C=O) groups excluding carboxylic acids is 1. The molecule has 3 rings (SSSR count). The number of nitrogens with zero attached hydrogens (tertiary/aromatic N) is 2. The van der Waals surface area contributed by atoms with Crippen molar-refractivity contribution in [1.29, 1.82) is 0 Å². The van der Waals surface area contributed by atoms with Gasteiger partial charge in [0.1, 0.15) is 5.82 Å². The summed E-state index contributed by atoms with van der Waals surface area (Å²) in [5.74, 6) is -0.770. The Morgan fingerprint density at radius 2 is 2.12 bits per heavy atom. The van der Waals surface area contributed by atoms with Crippen molar-refractivity contribution in [2.75, 3.05) is 5.32 Å². The number of anilines is 1. The SMILES string of the molecule is Cc1cccc2c(=O)n(CCCC(=O)Nc3ccc(F)c(Cl)c3)cnc12. The maximum absolute atomic E-state index is 13.1. The van der Waals surface area contributed by atoms with Crippen LogP contribution in [-0.4, -0.2) is 15.5 Å². The second-order valence-corrected chi connectivity index (χ2v) is 6.40. The van der Waals surface area contributed by atoms with Gasteiger partial charge in [-0.2, -0.15) is 0 Å². The maximum atomic E-state index is 13.1. The van der Waals surface area contributed by atoms with Crippen molar-refractivity contribution in [3.8, 4) is 0 Å². The summed E-state index contributed by atoms with van der Waals surface area (Å²) < 4.78 is 14.6. The fourth-order valence-electron chi connectivity index (χ4n) is 2.70. The van der Waals surface area contributed by atoms with E-state index in [-0.39, 0.29) is 22.9 Å². The zero-order valence-electron chi connectivity index (χ0n) is 14.1. The molecule has 0 bridgehead atoms. The van der Waals surface area contributed by atoms with E-state index in [0.717, 1.165) is 5.56 Å². The van der Waals surface area contributed by atoms with Crippen molar-refractivity contribution < 1.29 is 9.18 Å². The van der Waals surface area contributed by atoms with Crippen LogP contribution < -0.4 is 10.9 Å². The maximum Gasteiger partial charge on any atom is 0.261 e. The topological polar surface area (TPSA) is 64.0 Å². The molecule has 0 radical (unpaired) electrons. The second-order valence-electron chi connectivity index (χ2n) is 5.99. The number of carbonyl (C=O) groups is 1. The van der Waals surface area contributed by atoms with Gasteiger partial charge in [-0.15, -0.1) is 0 Å². The van der Waals surface area contributed by atoms with E-state index in [1.54, 1.807) is 6.07 Å². The standard InChI is InChI=1S/C19H17ClFN3O2/c1-12-4-2-5-14-18(12)22-11-24(19(14)26)9-3-6-17(25)23-13-7-8-16(21)15(20)10-13/h2,4-5,7-8,10-11H,3,6,9H2,1H3,(H,23,25). The van der Waals surface area contributed by atoms with Crippen molar-refractivity contribution in [2.24, 2.45) is 0 Å². The molecule has 0 atom stereocenters. The lowest BCUT2D eigenvalue weighted by Crippen LogP contribution is -2.22. The number of aromatic nitrogens is 2. The van der Waals surface area contributed by atoms with Gasteiger partial charge in [0.15, 0.2) is 0 Å². The average Bonchev–Trinajstić information content (AvgIpc) is 2.61. The molecule has 3 aromatic rings. The van der Waals surface area contributed by atoms with Gasteiger partial charge in [-0.3, -0.25) is 14.2 Å². The molecule has 26 heavy (non-hydrogen) atoms. The van der Waals surface area contributed by atoms with Crippen LogP contribution in [0.3, 0.4) is 0 Å².